The summed E-state index contributed by atoms with van der Waals surface area (Å²) in [6.07, 6.45) is 1.45. The standard InChI is InChI=1S/C23H23N3O3/c1-15-8-9-19(16(2)12-15)26-22(27)17-10-11-24-20(13-17)23(28)25-14-18-6-4-5-7-21(18)29-3/h4-13H,14H2,1-3H3,(H,25,28)(H,26,27). The number of anilines is 1. The summed E-state index contributed by atoms with van der Waals surface area (Å²) in [7, 11) is 1.58. The molecule has 1 heterocycles. The molecule has 6 heteroatoms. The normalized spacial score (nSPS) is 10.3. The second-order valence-electron chi connectivity index (χ2n) is 6.70. The topological polar surface area (TPSA) is 80.3 Å². The van der Waals surface area contributed by atoms with Gasteiger partial charge in [0.15, 0.2) is 0 Å². The molecule has 0 aliphatic heterocycles. The van der Waals surface area contributed by atoms with E-state index in [9.17, 15) is 9.59 Å². The van der Waals surface area contributed by atoms with Crippen LogP contribution in [0.25, 0.3) is 0 Å². The molecule has 0 unspecified atom stereocenters. The monoisotopic (exact) mass is 389 g/mol. The van der Waals surface area contributed by atoms with Crippen molar-refractivity contribution in [2.24, 2.45) is 0 Å². The Hall–Kier alpha value is -3.67. The number of benzene rings is 2. The highest BCUT2D eigenvalue weighted by atomic mass is 16.5. The minimum Gasteiger partial charge on any atom is -0.496 e. The van der Waals surface area contributed by atoms with Crippen molar-refractivity contribution in [3.8, 4) is 5.75 Å². The van der Waals surface area contributed by atoms with Gasteiger partial charge in [-0.3, -0.25) is 14.6 Å². The van der Waals surface area contributed by atoms with E-state index in [0.717, 1.165) is 22.4 Å². The minimum absolute atomic E-state index is 0.174. The van der Waals surface area contributed by atoms with Crippen LogP contribution in [0.1, 0.15) is 37.5 Å². The van der Waals surface area contributed by atoms with Gasteiger partial charge < -0.3 is 15.4 Å². The number of methoxy groups -OCH3 is 1. The molecule has 2 N–H and O–H groups in total. The van der Waals surface area contributed by atoms with Gasteiger partial charge in [0.05, 0.1) is 7.11 Å². The van der Waals surface area contributed by atoms with E-state index in [1.807, 2.05) is 56.3 Å². The number of ether oxygens (including phenoxy) is 1. The molecular weight excluding hydrogens is 366 g/mol. The molecule has 0 saturated heterocycles. The van der Waals surface area contributed by atoms with Gasteiger partial charge in [0.25, 0.3) is 11.8 Å². The van der Waals surface area contributed by atoms with Crippen LogP contribution in [0, 0.1) is 13.8 Å². The summed E-state index contributed by atoms with van der Waals surface area (Å²) in [4.78, 5) is 29.2. The third-order valence-electron chi connectivity index (χ3n) is 4.52. The summed E-state index contributed by atoms with van der Waals surface area (Å²) in [5, 5.41) is 5.69. The fourth-order valence-electron chi connectivity index (χ4n) is 2.96. The lowest BCUT2D eigenvalue weighted by atomic mass is 10.1. The Morgan fingerprint density at radius 2 is 1.79 bits per heavy atom. The van der Waals surface area contributed by atoms with Gasteiger partial charge in [-0.2, -0.15) is 0 Å². The maximum atomic E-state index is 12.6. The van der Waals surface area contributed by atoms with Gasteiger partial charge in [0, 0.05) is 29.6 Å². The van der Waals surface area contributed by atoms with E-state index in [1.54, 1.807) is 13.2 Å². The van der Waals surface area contributed by atoms with Crippen LogP contribution < -0.4 is 15.4 Å². The van der Waals surface area contributed by atoms with Gasteiger partial charge in [0.2, 0.25) is 0 Å². The van der Waals surface area contributed by atoms with E-state index >= 15 is 0 Å². The predicted octanol–water partition coefficient (Wildman–Crippen LogP) is 3.89. The first-order valence-corrected chi connectivity index (χ1v) is 9.22. The molecule has 29 heavy (non-hydrogen) atoms. The average Bonchev–Trinajstić information content (AvgIpc) is 2.74. The van der Waals surface area contributed by atoms with Crippen LogP contribution in [0.4, 0.5) is 5.69 Å². The number of carbonyl (C=O) groups excluding carboxylic acids is 2. The first-order valence-electron chi connectivity index (χ1n) is 9.22. The van der Waals surface area contributed by atoms with E-state index in [2.05, 4.69) is 15.6 Å². The first kappa shape index (κ1) is 20.1. The van der Waals surface area contributed by atoms with Crippen molar-refractivity contribution in [2.75, 3.05) is 12.4 Å². The molecule has 0 fully saturated rings. The van der Waals surface area contributed by atoms with Gasteiger partial charge >= 0.3 is 0 Å². The first-order chi connectivity index (χ1) is 14.0. The zero-order valence-corrected chi connectivity index (χ0v) is 16.7. The van der Waals surface area contributed by atoms with Crippen LogP contribution in [0.2, 0.25) is 0 Å². The van der Waals surface area contributed by atoms with E-state index < -0.39 is 0 Å². The van der Waals surface area contributed by atoms with Crippen LogP contribution >= 0.6 is 0 Å². The van der Waals surface area contributed by atoms with Gasteiger partial charge in [-0.05, 0) is 43.7 Å². The molecule has 3 aromatic rings. The van der Waals surface area contributed by atoms with E-state index in [4.69, 9.17) is 4.74 Å². The Balaban J connectivity index is 1.69. The molecular formula is C23H23N3O3. The van der Waals surface area contributed by atoms with Crippen molar-refractivity contribution < 1.29 is 14.3 Å². The fraction of sp³-hybridized carbons (Fsp3) is 0.174. The number of para-hydroxylation sites is 1. The third-order valence-corrected chi connectivity index (χ3v) is 4.52. The lowest BCUT2D eigenvalue weighted by Crippen LogP contribution is -2.24. The number of nitrogens with zero attached hydrogens (tertiary/aromatic N) is 1. The predicted molar refractivity (Wildman–Crippen MR) is 112 cm³/mol. The van der Waals surface area contributed by atoms with Gasteiger partial charge in [-0.15, -0.1) is 0 Å². The van der Waals surface area contributed by atoms with Crippen LogP contribution in [0.3, 0.4) is 0 Å². The van der Waals surface area contributed by atoms with Crippen molar-refractivity contribution >= 4 is 17.5 Å². The molecule has 2 amide bonds. The Morgan fingerprint density at radius 3 is 2.55 bits per heavy atom. The Bertz CT molecular complexity index is 1050. The molecule has 0 atom stereocenters. The maximum absolute atomic E-state index is 12.6. The summed E-state index contributed by atoms with van der Waals surface area (Å²) in [5.74, 6) is 0.0394. The zero-order chi connectivity index (χ0) is 20.8. The molecule has 0 spiro atoms. The Kier molecular flexibility index (Phi) is 6.24. The van der Waals surface area contributed by atoms with Gasteiger partial charge in [-0.25, -0.2) is 0 Å². The largest absolute Gasteiger partial charge is 0.496 e. The molecule has 0 radical (unpaired) electrons. The summed E-state index contributed by atoms with van der Waals surface area (Å²) in [5.41, 5.74) is 4.22. The number of rotatable bonds is 6. The molecule has 2 aromatic carbocycles. The summed E-state index contributed by atoms with van der Waals surface area (Å²) in [6.45, 7) is 4.23. The van der Waals surface area contributed by atoms with Crippen LogP contribution in [0.15, 0.2) is 60.8 Å². The van der Waals surface area contributed by atoms with E-state index in [0.29, 0.717) is 17.9 Å². The molecule has 0 saturated carbocycles. The molecule has 0 aliphatic rings. The Morgan fingerprint density at radius 1 is 1.00 bits per heavy atom. The number of aryl methyl sites for hydroxylation is 2. The second kappa shape index (κ2) is 9.01. The number of amides is 2. The highest BCUT2D eigenvalue weighted by Crippen LogP contribution is 2.18. The quantitative estimate of drug-likeness (QED) is 0.670. The average molecular weight is 389 g/mol. The number of hydrogen-bond acceptors (Lipinski definition) is 4. The van der Waals surface area contributed by atoms with E-state index in [1.165, 1.54) is 12.3 Å². The molecule has 148 valence electrons. The lowest BCUT2D eigenvalue weighted by Gasteiger charge is -2.11. The molecule has 0 bridgehead atoms. The van der Waals surface area contributed by atoms with Crippen molar-refractivity contribution in [3.05, 3.63) is 88.7 Å². The van der Waals surface area contributed by atoms with Crippen LogP contribution in [0.5, 0.6) is 5.75 Å². The fourth-order valence-corrected chi connectivity index (χ4v) is 2.96. The van der Waals surface area contributed by atoms with E-state index in [-0.39, 0.29) is 17.5 Å². The summed E-state index contributed by atoms with van der Waals surface area (Å²) < 4.78 is 5.29. The van der Waals surface area contributed by atoms with Crippen molar-refractivity contribution in [1.29, 1.82) is 0 Å². The van der Waals surface area contributed by atoms with Crippen molar-refractivity contribution in [3.63, 3.8) is 0 Å². The highest BCUT2D eigenvalue weighted by Gasteiger charge is 2.13. The number of aromatic nitrogens is 1. The van der Waals surface area contributed by atoms with Crippen LogP contribution in [-0.2, 0) is 6.54 Å². The number of nitrogens with one attached hydrogen (secondary N) is 2. The highest BCUT2D eigenvalue weighted by molar-refractivity contribution is 6.06. The maximum Gasteiger partial charge on any atom is 0.270 e. The van der Waals surface area contributed by atoms with Gasteiger partial charge in [0.1, 0.15) is 11.4 Å². The lowest BCUT2D eigenvalue weighted by molar-refractivity contribution is 0.0945. The van der Waals surface area contributed by atoms with Gasteiger partial charge in [-0.1, -0.05) is 35.9 Å². The summed E-state index contributed by atoms with van der Waals surface area (Å²) >= 11 is 0. The SMILES string of the molecule is COc1ccccc1CNC(=O)c1cc(C(=O)Nc2ccc(C)cc2C)ccn1. The Labute approximate surface area is 169 Å². The minimum atomic E-state index is -0.364. The number of pyridine rings is 1. The van der Waals surface area contributed by atoms with Crippen molar-refractivity contribution in [2.45, 2.75) is 20.4 Å². The molecule has 3 rings (SSSR count). The zero-order valence-electron chi connectivity index (χ0n) is 16.7. The second-order valence-corrected chi connectivity index (χ2v) is 6.70. The number of hydrogen-bond donors (Lipinski definition) is 2. The number of carbonyl (C=O) groups is 2. The molecule has 6 nitrogen and oxygen atoms in total. The van der Waals surface area contributed by atoms with Crippen molar-refractivity contribution in [1.82, 2.24) is 10.3 Å². The summed E-state index contributed by atoms with van der Waals surface area (Å²) in [6, 6.07) is 16.3. The third kappa shape index (κ3) is 4.99. The smallest absolute Gasteiger partial charge is 0.270 e. The van der Waals surface area contributed by atoms with Crippen LogP contribution in [-0.4, -0.2) is 23.9 Å². The molecule has 0 aliphatic carbocycles. The molecule has 1 aromatic heterocycles.